The fourth-order valence-corrected chi connectivity index (χ4v) is 2.97. The van der Waals surface area contributed by atoms with Crippen LogP contribution in [0.4, 0.5) is 0 Å². The number of carbonyl (C=O) groups excluding carboxylic acids is 1. The highest BCUT2D eigenvalue weighted by Crippen LogP contribution is 2.32. The Kier molecular flexibility index (Phi) is 3.66. The lowest BCUT2D eigenvalue weighted by atomic mass is 10.1. The summed E-state index contributed by atoms with van der Waals surface area (Å²) in [5, 5.41) is 0. The second-order valence-electron chi connectivity index (χ2n) is 5.71. The summed E-state index contributed by atoms with van der Waals surface area (Å²) in [6.07, 6.45) is 4.28. The molecule has 0 heterocycles. The predicted octanol–water partition coefficient (Wildman–Crippen LogP) is 2.02. The molecule has 2 aliphatic carbocycles. The summed E-state index contributed by atoms with van der Waals surface area (Å²) in [5.41, 5.74) is 8.50. The minimum Gasteiger partial charge on any atom is -0.484 e. The Bertz CT molecular complexity index is 511. The molecule has 1 atom stereocenters. The summed E-state index contributed by atoms with van der Waals surface area (Å²) in [7, 11) is 0. The molecule has 4 nitrogen and oxygen atoms in total. The minimum absolute atomic E-state index is 0.0900. The SMILES string of the molecule is CCN(C(=O)COc1ccc2c(c1)CCC2N)C1CC1. The van der Waals surface area contributed by atoms with E-state index in [2.05, 4.69) is 0 Å². The molecule has 3 rings (SSSR count). The molecule has 0 aromatic heterocycles. The van der Waals surface area contributed by atoms with Crippen LogP contribution in [0, 0.1) is 0 Å². The lowest BCUT2D eigenvalue weighted by Crippen LogP contribution is -2.36. The van der Waals surface area contributed by atoms with Crippen molar-refractivity contribution in [3.05, 3.63) is 29.3 Å². The summed E-state index contributed by atoms with van der Waals surface area (Å²) in [6, 6.07) is 6.60. The molecule has 1 unspecified atom stereocenters. The van der Waals surface area contributed by atoms with Crippen molar-refractivity contribution in [1.29, 1.82) is 0 Å². The van der Waals surface area contributed by atoms with E-state index in [1.807, 2.05) is 30.0 Å². The minimum atomic E-state index is 0.0900. The molecule has 0 aliphatic heterocycles. The van der Waals surface area contributed by atoms with E-state index >= 15 is 0 Å². The van der Waals surface area contributed by atoms with Crippen LogP contribution in [0.3, 0.4) is 0 Å². The van der Waals surface area contributed by atoms with E-state index in [4.69, 9.17) is 10.5 Å². The largest absolute Gasteiger partial charge is 0.484 e. The van der Waals surface area contributed by atoms with Gasteiger partial charge in [-0.2, -0.15) is 0 Å². The lowest BCUT2D eigenvalue weighted by molar-refractivity contribution is -0.133. The van der Waals surface area contributed by atoms with Crippen molar-refractivity contribution in [1.82, 2.24) is 4.90 Å². The molecule has 0 spiro atoms. The van der Waals surface area contributed by atoms with Gasteiger partial charge in [-0.25, -0.2) is 0 Å². The summed E-state index contributed by atoms with van der Waals surface area (Å²) in [6.45, 7) is 2.92. The predicted molar refractivity (Wildman–Crippen MR) is 77.6 cm³/mol. The van der Waals surface area contributed by atoms with Crippen molar-refractivity contribution in [3.8, 4) is 5.75 Å². The Balaban J connectivity index is 1.60. The molecule has 1 aromatic carbocycles. The molecule has 0 radical (unpaired) electrons. The molecule has 1 amide bonds. The van der Waals surface area contributed by atoms with Gasteiger partial charge in [-0.15, -0.1) is 0 Å². The molecule has 1 fully saturated rings. The summed E-state index contributed by atoms with van der Waals surface area (Å²) in [4.78, 5) is 14.0. The molecule has 0 saturated heterocycles. The first-order valence-electron chi connectivity index (χ1n) is 7.49. The van der Waals surface area contributed by atoms with E-state index in [-0.39, 0.29) is 18.6 Å². The highest BCUT2D eigenvalue weighted by molar-refractivity contribution is 5.78. The van der Waals surface area contributed by atoms with Crippen LogP contribution < -0.4 is 10.5 Å². The van der Waals surface area contributed by atoms with E-state index in [1.54, 1.807) is 0 Å². The number of benzene rings is 1. The number of rotatable bonds is 5. The van der Waals surface area contributed by atoms with Gasteiger partial charge in [-0.1, -0.05) is 6.07 Å². The average Bonchev–Trinajstić information content (AvgIpc) is 3.22. The molecule has 2 N–H and O–H groups in total. The van der Waals surface area contributed by atoms with Crippen LogP contribution in [0.1, 0.15) is 43.4 Å². The molecule has 1 aromatic rings. The van der Waals surface area contributed by atoms with Crippen LogP contribution in [0.5, 0.6) is 5.75 Å². The molecular formula is C16H22N2O2. The van der Waals surface area contributed by atoms with Gasteiger partial charge in [0.1, 0.15) is 5.75 Å². The number of nitrogens with two attached hydrogens (primary N) is 1. The Morgan fingerprint density at radius 3 is 2.90 bits per heavy atom. The number of likely N-dealkylation sites (N-methyl/N-ethyl adjacent to an activating group) is 1. The first kappa shape index (κ1) is 13.4. The Morgan fingerprint density at radius 2 is 2.20 bits per heavy atom. The number of aryl methyl sites for hydroxylation is 1. The topological polar surface area (TPSA) is 55.6 Å². The fraction of sp³-hybridized carbons (Fsp3) is 0.562. The maximum Gasteiger partial charge on any atom is 0.260 e. The number of hydrogen-bond acceptors (Lipinski definition) is 3. The summed E-state index contributed by atoms with van der Waals surface area (Å²) in [5.74, 6) is 0.866. The van der Waals surface area contributed by atoms with Crippen molar-refractivity contribution >= 4 is 5.91 Å². The normalized spacial score (nSPS) is 20.6. The highest BCUT2D eigenvalue weighted by atomic mass is 16.5. The number of nitrogens with zero attached hydrogens (tertiary/aromatic N) is 1. The van der Waals surface area contributed by atoms with E-state index in [9.17, 15) is 4.79 Å². The Hall–Kier alpha value is -1.55. The smallest absolute Gasteiger partial charge is 0.260 e. The second kappa shape index (κ2) is 5.44. The molecule has 20 heavy (non-hydrogen) atoms. The van der Waals surface area contributed by atoms with Crippen molar-refractivity contribution in [3.63, 3.8) is 0 Å². The fourth-order valence-electron chi connectivity index (χ4n) is 2.97. The van der Waals surface area contributed by atoms with Gasteiger partial charge in [-0.05, 0) is 55.9 Å². The van der Waals surface area contributed by atoms with Crippen LogP contribution >= 0.6 is 0 Å². The highest BCUT2D eigenvalue weighted by Gasteiger charge is 2.31. The molecule has 1 saturated carbocycles. The Morgan fingerprint density at radius 1 is 1.40 bits per heavy atom. The van der Waals surface area contributed by atoms with Gasteiger partial charge in [0.05, 0.1) is 0 Å². The molecular weight excluding hydrogens is 252 g/mol. The zero-order valence-electron chi connectivity index (χ0n) is 12.0. The van der Waals surface area contributed by atoms with Gasteiger partial charge in [0, 0.05) is 18.6 Å². The quantitative estimate of drug-likeness (QED) is 0.893. The number of amides is 1. The first-order valence-corrected chi connectivity index (χ1v) is 7.49. The van der Waals surface area contributed by atoms with Gasteiger partial charge in [-0.3, -0.25) is 4.79 Å². The van der Waals surface area contributed by atoms with Gasteiger partial charge < -0.3 is 15.4 Å². The van der Waals surface area contributed by atoms with Gasteiger partial charge in [0.15, 0.2) is 6.61 Å². The van der Waals surface area contributed by atoms with Crippen LogP contribution in [0.15, 0.2) is 18.2 Å². The monoisotopic (exact) mass is 274 g/mol. The third-order valence-corrected chi connectivity index (χ3v) is 4.25. The number of fused-ring (bicyclic) bond motifs is 1. The van der Waals surface area contributed by atoms with E-state index in [0.717, 1.165) is 38.0 Å². The maximum atomic E-state index is 12.1. The number of hydrogen-bond donors (Lipinski definition) is 1. The summed E-state index contributed by atoms with van der Waals surface area (Å²) >= 11 is 0. The zero-order chi connectivity index (χ0) is 14.1. The zero-order valence-corrected chi connectivity index (χ0v) is 12.0. The molecule has 4 heteroatoms. The second-order valence-corrected chi connectivity index (χ2v) is 5.71. The average molecular weight is 274 g/mol. The van der Waals surface area contributed by atoms with Crippen LogP contribution in [-0.4, -0.2) is 30.0 Å². The summed E-state index contributed by atoms with van der Waals surface area (Å²) < 4.78 is 5.66. The first-order chi connectivity index (χ1) is 9.69. The Labute approximate surface area is 119 Å². The molecule has 0 bridgehead atoms. The van der Waals surface area contributed by atoms with Crippen molar-refractivity contribution in [2.24, 2.45) is 5.73 Å². The van der Waals surface area contributed by atoms with Gasteiger partial charge >= 0.3 is 0 Å². The van der Waals surface area contributed by atoms with Crippen molar-refractivity contribution in [2.75, 3.05) is 13.2 Å². The van der Waals surface area contributed by atoms with E-state index in [0.29, 0.717) is 6.04 Å². The van der Waals surface area contributed by atoms with E-state index in [1.165, 1.54) is 11.1 Å². The molecule has 2 aliphatic rings. The lowest BCUT2D eigenvalue weighted by Gasteiger charge is -2.20. The standard InChI is InChI=1S/C16H22N2O2/c1-2-18(12-4-5-12)16(19)10-20-13-6-7-14-11(9-13)3-8-15(14)17/h6-7,9,12,15H,2-5,8,10,17H2,1H3. The maximum absolute atomic E-state index is 12.1. The van der Waals surface area contributed by atoms with Crippen LogP contribution in [0.25, 0.3) is 0 Å². The third-order valence-electron chi connectivity index (χ3n) is 4.25. The number of carbonyl (C=O) groups is 1. The van der Waals surface area contributed by atoms with Gasteiger partial charge in [0.2, 0.25) is 0 Å². The van der Waals surface area contributed by atoms with Crippen LogP contribution in [0.2, 0.25) is 0 Å². The number of ether oxygens (including phenoxy) is 1. The molecule has 108 valence electrons. The van der Waals surface area contributed by atoms with Crippen molar-refractivity contribution in [2.45, 2.75) is 44.7 Å². The van der Waals surface area contributed by atoms with Crippen molar-refractivity contribution < 1.29 is 9.53 Å². The van der Waals surface area contributed by atoms with Crippen LogP contribution in [-0.2, 0) is 11.2 Å². The third kappa shape index (κ3) is 2.66. The van der Waals surface area contributed by atoms with E-state index < -0.39 is 0 Å². The van der Waals surface area contributed by atoms with Gasteiger partial charge in [0.25, 0.3) is 5.91 Å².